The van der Waals surface area contributed by atoms with Crippen LogP contribution < -0.4 is 0 Å². The standard InChI is InChI=1S/C15H15F3O2/c1-2-12-7-8-14(20-12)13(19)9-10-3-5-11(6-4-10)15(16,17)18/h3-8,13,19H,2,9H2,1H3. The Hall–Kier alpha value is -1.75. The van der Waals surface area contributed by atoms with Crippen molar-refractivity contribution in [2.24, 2.45) is 0 Å². The van der Waals surface area contributed by atoms with Gasteiger partial charge in [0, 0.05) is 12.8 Å². The quantitative estimate of drug-likeness (QED) is 0.915. The highest BCUT2D eigenvalue weighted by molar-refractivity contribution is 5.25. The van der Waals surface area contributed by atoms with Crippen molar-refractivity contribution >= 4 is 0 Å². The number of aryl methyl sites for hydroxylation is 1. The molecule has 1 aromatic carbocycles. The Kier molecular flexibility index (Phi) is 4.18. The molecule has 1 N–H and O–H groups in total. The molecule has 2 rings (SSSR count). The summed E-state index contributed by atoms with van der Waals surface area (Å²) in [5.74, 6) is 1.20. The lowest BCUT2D eigenvalue weighted by Gasteiger charge is -2.10. The number of alkyl halides is 3. The lowest BCUT2D eigenvalue weighted by atomic mass is 10.0. The van der Waals surface area contributed by atoms with Crippen molar-refractivity contribution in [3.63, 3.8) is 0 Å². The number of aliphatic hydroxyl groups is 1. The number of hydrogen-bond acceptors (Lipinski definition) is 2. The molecule has 0 amide bonds. The zero-order chi connectivity index (χ0) is 14.8. The minimum Gasteiger partial charge on any atom is -0.463 e. The molecule has 0 spiro atoms. The molecular formula is C15H15F3O2. The topological polar surface area (TPSA) is 33.4 Å². The third kappa shape index (κ3) is 3.42. The fourth-order valence-corrected chi connectivity index (χ4v) is 1.92. The van der Waals surface area contributed by atoms with Crippen molar-refractivity contribution in [3.05, 3.63) is 59.0 Å². The first kappa shape index (κ1) is 14.7. The maximum absolute atomic E-state index is 12.4. The number of halogens is 3. The van der Waals surface area contributed by atoms with Crippen LogP contribution >= 0.6 is 0 Å². The van der Waals surface area contributed by atoms with Gasteiger partial charge in [0.2, 0.25) is 0 Å². The molecule has 0 bridgehead atoms. The summed E-state index contributed by atoms with van der Waals surface area (Å²) in [5, 5.41) is 10.00. The van der Waals surface area contributed by atoms with E-state index in [1.807, 2.05) is 6.92 Å². The Balaban J connectivity index is 2.06. The molecule has 2 nitrogen and oxygen atoms in total. The van der Waals surface area contributed by atoms with E-state index in [2.05, 4.69) is 0 Å². The molecule has 0 fully saturated rings. The Bertz CT molecular complexity index is 555. The highest BCUT2D eigenvalue weighted by Crippen LogP contribution is 2.30. The first-order valence-corrected chi connectivity index (χ1v) is 6.33. The molecule has 0 aliphatic carbocycles. The van der Waals surface area contributed by atoms with Crippen LogP contribution in [0.15, 0.2) is 40.8 Å². The molecule has 0 saturated carbocycles. The minimum atomic E-state index is -4.34. The average molecular weight is 284 g/mol. The van der Waals surface area contributed by atoms with Crippen molar-refractivity contribution in [3.8, 4) is 0 Å². The fourth-order valence-electron chi connectivity index (χ4n) is 1.92. The summed E-state index contributed by atoms with van der Waals surface area (Å²) in [6, 6.07) is 8.24. The van der Waals surface area contributed by atoms with E-state index in [9.17, 15) is 18.3 Å². The van der Waals surface area contributed by atoms with E-state index in [1.54, 1.807) is 12.1 Å². The second-order valence-electron chi connectivity index (χ2n) is 4.57. The summed E-state index contributed by atoms with van der Waals surface area (Å²) in [4.78, 5) is 0. The summed E-state index contributed by atoms with van der Waals surface area (Å²) in [6.45, 7) is 1.94. The van der Waals surface area contributed by atoms with Crippen molar-refractivity contribution in [2.45, 2.75) is 32.0 Å². The van der Waals surface area contributed by atoms with Crippen LogP contribution in [0, 0.1) is 0 Å². The molecule has 0 saturated heterocycles. The van der Waals surface area contributed by atoms with Gasteiger partial charge in [-0.05, 0) is 29.8 Å². The SMILES string of the molecule is CCc1ccc(C(O)Cc2ccc(C(F)(F)F)cc2)o1. The predicted octanol–water partition coefficient (Wildman–Crippen LogP) is 4.14. The summed E-state index contributed by atoms with van der Waals surface area (Å²) in [6.07, 6.45) is -4.25. The fraction of sp³-hybridized carbons (Fsp3) is 0.333. The van der Waals surface area contributed by atoms with E-state index in [1.165, 1.54) is 12.1 Å². The van der Waals surface area contributed by atoms with Crippen molar-refractivity contribution in [1.29, 1.82) is 0 Å². The summed E-state index contributed by atoms with van der Waals surface area (Å²) in [7, 11) is 0. The van der Waals surface area contributed by atoms with Crippen LogP contribution in [0.4, 0.5) is 13.2 Å². The molecule has 1 atom stereocenters. The van der Waals surface area contributed by atoms with E-state index in [0.717, 1.165) is 24.3 Å². The maximum atomic E-state index is 12.4. The predicted molar refractivity (Wildman–Crippen MR) is 68.2 cm³/mol. The minimum absolute atomic E-state index is 0.217. The molecule has 0 aliphatic rings. The van der Waals surface area contributed by atoms with Crippen LogP contribution in [-0.2, 0) is 19.0 Å². The molecule has 1 unspecified atom stereocenters. The van der Waals surface area contributed by atoms with Gasteiger partial charge in [0.25, 0.3) is 0 Å². The van der Waals surface area contributed by atoms with Crippen LogP contribution in [0.25, 0.3) is 0 Å². The molecule has 1 heterocycles. The highest BCUT2D eigenvalue weighted by Gasteiger charge is 2.30. The molecule has 20 heavy (non-hydrogen) atoms. The van der Waals surface area contributed by atoms with E-state index < -0.39 is 17.8 Å². The second kappa shape index (κ2) is 5.71. The number of aliphatic hydroxyl groups excluding tert-OH is 1. The number of rotatable bonds is 4. The van der Waals surface area contributed by atoms with Crippen molar-refractivity contribution in [1.82, 2.24) is 0 Å². The molecule has 1 aromatic heterocycles. The van der Waals surface area contributed by atoms with Gasteiger partial charge >= 0.3 is 6.18 Å². The lowest BCUT2D eigenvalue weighted by Crippen LogP contribution is -2.05. The summed E-state index contributed by atoms with van der Waals surface area (Å²) < 4.78 is 42.7. The number of furan rings is 1. The van der Waals surface area contributed by atoms with Crippen molar-refractivity contribution in [2.75, 3.05) is 0 Å². The second-order valence-corrected chi connectivity index (χ2v) is 4.57. The largest absolute Gasteiger partial charge is 0.463 e. The van der Waals surface area contributed by atoms with Crippen LogP contribution in [0.3, 0.4) is 0 Å². The Morgan fingerprint density at radius 3 is 2.25 bits per heavy atom. The molecule has 108 valence electrons. The van der Waals surface area contributed by atoms with Crippen LogP contribution in [0.1, 0.15) is 35.7 Å². The lowest BCUT2D eigenvalue weighted by molar-refractivity contribution is -0.137. The van der Waals surface area contributed by atoms with Gasteiger partial charge in [-0.3, -0.25) is 0 Å². The van der Waals surface area contributed by atoms with Gasteiger partial charge in [-0.15, -0.1) is 0 Å². The zero-order valence-electron chi connectivity index (χ0n) is 10.9. The van der Waals surface area contributed by atoms with E-state index in [0.29, 0.717) is 11.3 Å². The summed E-state index contributed by atoms with van der Waals surface area (Å²) >= 11 is 0. The van der Waals surface area contributed by atoms with Crippen molar-refractivity contribution < 1.29 is 22.7 Å². The third-order valence-corrected chi connectivity index (χ3v) is 3.07. The Morgan fingerprint density at radius 1 is 1.10 bits per heavy atom. The van der Waals surface area contributed by atoms with Gasteiger partial charge in [0.15, 0.2) is 0 Å². The zero-order valence-corrected chi connectivity index (χ0v) is 10.9. The van der Waals surface area contributed by atoms with Crippen LogP contribution in [0.2, 0.25) is 0 Å². The molecule has 2 aromatic rings. The highest BCUT2D eigenvalue weighted by atomic mass is 19.4. The average Bonchev–Trinajstić information content (AvgIpc) is 2.87. The molecular weight excluding hydrogens is 269 g/mol. The van der Waals surface area contributed by atoms with Gasteiger partial charge in [0.1, 0.15) is 17.6 Å². The molecule has 0 radical (unpaired) electrons. The third-order valence-electron chi connectivity index (χ3n) is 3.07. The first-order chi connectivity index (χ1) is 9.40. The molecule has 5 heteroatoms. The van der Waals surface area contributed by atoms with E-state index in [-0.39, 0.29) is 6.42 Å². The number of benzene rings is 1. The van der Waals surface area contributed by atoms with Gasteiger partial charge in [-0.2, -0.15) is 13.2 Å². The van der Waals surface area contributed by atoms with Crippen LogP contribution in [0.5, 0.6) is 0 Å². The van der Waals surface area contributed by atoms with Gasteiger partial charge in [-0.25, -0.2) is 0 Å². The smallest absolute Gasteiger partial charge is 0.416 e. The normalized spacial score (nSPS) is 13.4. The van der Waals surface area contributed by atoms with E-state index >= 15 is 0 Å². The van der Waals surface area contributed by atoms with Gasteiger partial charge in [0.05, 0.1) is 5.56 Å². The Morgan fingerprint density at radius 2 is 1.75 bits per heavy atom. The molecule has 0 aliphatic heterocycles. The van der Waals surface area contributed by atoms with Crippen LogP contribution in [-0.4, -0.2) is 5.11 Å². The van der Waals surface area contributed by atoms with Gasteiger partial charge in [-0.1, -0.05) is 19.1 Å². The summed E-state index contributed by atoms with van der Waals surface area (Å²) in [5.41, 5.74) is -0.0676. The van der Waals surface area contributed by atoms with Gasteiger partial charge < -0.3 is 9.52 Å². The monoisotopic (exact) mass is 284 g/mol. The maximum Gasteiger partial charge on any atom is 0.416 e. The Labute approximate surface area is 114 Å². The first-order valence-electron chi connectivity index (χ1n) is 6.33. The van der Waals surface area contributed by atoms with E-state index in [4.69, 9.17) is 4.42 Å². The number of hydrogen-bond donors (Lipinski definition) is 1.